The molecule has 1 atom stereocenters. The van der Waals surface area contributed by atoms with Crippen LogP contribution in [0.15, 0.2) is 39.9 Å². The predicted octanol–water partition coefficient (Wildman–Crippen LogP) is 2.80. The molecule has 152 valence electrons. The van der Waals surface area contributed by atoms with Crippen LogP contribution in [0.25, 0.3) is 0 Å². The lowest BCUT2D eigenvalue weighted by molar-refractivity contribution is -0.121. The lowest BCUT2D eigenvalue weighted by atomic mass is 10.0. The summed E-state index contributed by atoms with van der Waals surface area (Å²) < 4.78 is 55.0. The Kier molecular flexibility index (Phi) is 6.43. The van der Waals surface area contributed by atoms with Gasteiger partial charge in [-0.05, 0) is 43.3 Å². The molecule has 10 heteroatoms. The molecule has 1 aliphatic rings. The fourth-order valence-electron chi connectivity index (χ4n) is 3.11. The minimum Gasteiger partial charge on any atom is -0.320 e. The van der Waals surface area contributed by atoms with Gasteiger partial charge in [-0.1, -0.05) is 12.1 Å². The van der Waals surface area contributed by atoms with Crippen LogP contribution in [0.3, 0.4) is 0 Å². The number of benzene rings is 1. The summed E-state index contributed by atoms with van der Waals surface area (Å²) in [4.78, 5) is 14.3. The molecule has 1 aromatic heterocycles. The average molecular weight is 430 g/mol. The fourth-order valence-corrected chi connectivity index (χ4v) is 5.42. The van der Waals surface area contributed by atoms with E-state index in [1.807, 2.05) is 4.90 Å². The van der Waals surface area contributed by atoms with Crippen molar-refractivity contribution in [2.75, 3.05) is 18.4 Å². The zero-order valence-corrected chi connectivity index (χ0v) is 16.8. The third kappa shape index (κ3) is 4.75. The Hall–Kier alpha value is -1.88. The van der Waals surface area contributed by atoms with Crippen LogP contribution in [0.2, 0.25) is 0 Å². The first-order chi connectivity index (χ1) is 13.3. The van der Waals surface area contributed by atoms with Crippen molar-refractivity contribution in [3.8, 4) is 0 Å². The molecule has 6 nitrogen and oxygen atoms in total. The van der Waals surface area contributed by atoms with Gasteiger partial charge in [-0.15, -0.1) is 11.3 Å². The number of hydrogen-bond donors (Lipinski definition) is 2. The van der Waals surface area contributed by atoms with E-state index in [1.54, 1.807) is 24.4 Å². The van der Waals surface area contributed by atoms with Gasteiger partial charge in [0.05, 0.1) is 6.04 Å². The molecule has 3 rings (SSSR count). The summed E-state index contributed by atoms with van der Waals surface area (Å²) in [6, 6.07) is 5.79. The highest BCUT2D eigenvalue weighted by Gasteiger charge is 2.30. The molecular formula is C18H21F2N3O3S2. The minimum absolute atomic E-state index is 0.220. The molecule has 1 saturated heterocycles. The van der Waals surface area contributed by atoms with Crippen molar-refractivity contribution in [1.82, 2.24) is 9.62 Å². The van der Waals surface area contributed by atoms with E-state index in [0.717, 1.165) is 23.5 Å². The number of anilines is 1. The molecule has 2 N–H and O–H groups in total. The number of rotatable bonds is 6. The maximum atomic E-state index is 13.7. The third-order valence-electron chi connectivity index (χ3n) is 4.75. The molecular weight excluding hydrogens is 408 g/mol. The van der Waals surface area contributed by atoms with Crippen molar-refractivity contribution in [3.63, 3.8) is 0 Å². The van der Waals surface area contributed by atoms with Crippen molar-refractivity contribution in [3.05, 3.63) is 47.3 Å². The SMILES string of the molecule is C[C@H](C(=O)Nc1c(F)cccc1F)N1CCC(NS(=O)(=O)c2cccs2)CC1. The van der Waals surface area contributed by atoms with E-state index in [0.29, 0.717) is 25.9 Å². The molecule has 1 fully saturated rings. The summed E-state index contributed by atoms with van der Waals surface area (Å²) in [5, 5.41) is 4.01. The number of thiophene rings is 1. The second kappa shape index (κ2) is 8.64. The van der Waals surface area contributed by atoms with Gasteiger partial charge in [0.25, 0.3) is 0 Å². The van der Waals surface area contributed by atoms with Gasteiger partial charge in [0, 0.05) is 19.1 Å². The van der Waals surface area contributed by atoms with E-state index < -0.39 is 39.3 Å². The van der Waals surface area contributed by atoms with Crippen LogP contribution in [-0.2, 0) is 14.8 Å². The average Bonchev–Trinajstić information content (AvgIpc) is 3.20. The number of piperidine rings is 1. The number of sulfonamides is 1. The number of halogens is 2. The van der Waals surface area contributed by atoms with Gasteiger partial charge in [0.2, 0.25) is 15.9 Å². The molecule has 0 radical (unpaired) electrons. The molecule has 0 aliphatic carbocycles. The second-order valence-corrected chi connectivity index (χ2v) is 9.51. The van der Waals surface area contributed by atoms with Gasteiger partial charge < -0.3 is 5.32 Å². The number of likely N-dealkylation sites (tertiary alicyclic amines) is 1. The molecule has 2 aromatic rings. The van der Waals surface area contributed by atoms with Gasteiger partial charge in [0.15, 0.2) is 0 Å². The van der Waals surface area contributed by atoms with E-state index in [1.165, 1.54) is 6.07 Å². The first-order valence-electron chi connectivity index (χ1n) is 8.82. The Morgan fingerprint density at radius 1 is 1.18 bits per heavy atom. The molecule has 1 amide bonds. The van der Waals surface area contributed by atoms with Crippen LogP contribution in [0, 0.1) is 11.6 Å². The number of nitrogens with zero attached hydrogens (tertiary/aromatic N) is 1. The van der Waals surface area contributed by atoms with E-state index in [-0.39, 0.29) is 10.3 Å². The van der Waals surface area contributed by atoms with E-state index in [9.17, 15) is 22.0 Å². The summed E-state index contributed by atoms with van der Waals surface area (Å²) >= 11 is 1.16. The largest absolute Gasteiger partial charge is 0.320 e. The summed E-state index contributed by atoms with van der Waals surface area (Å²) in [6.45, 7) is 2.64. The number of amides is 1. The van der Waals surface area contributed by atoms with Crippen molar-refractivity contribution < 1.29 is 22.0 Å². The first-order valence-corrected chi connectivity index (χ1v) is 11.2. The first kappa shape index (κ1) is 20.8. The molecule has 0 unspecified atom stereocenters. The number of carbonyl (C=O) groups excluding carboxylic acids is 1. The van der Waals surface area contributed by atoms with Crippen molar-refractivity contribution >= 4 is 33.0 Å². The summed E-state index contributed by atoms with van der Waals surface area (Å²) in [7, 11) is -3.53. The fraction of sp³-hybridized carbons (Fsp3) is 0.389. The quantitative estimate of drug-likeness (QED) is 0.740. The minimum atomic E-state index is -3.53. The van der Waals surface area contributed by atoms with Gasteiger partial charge >= 0.3 is 0 Å². The topological polar surface area (TPSA) is 78.5 Å². The smallest absolute Gasteiger partial charge is 0.250 e. The number of hydrogen-bond acceptors (Lipinski definition) is 5. The lowest BCUT2D eigenvalue weighted by Gasteiger charge is -2.35. The molecule has 28 heavy (non-hydrogen) atoms. The van der Waals surface area contributed by atoms with Crippen LogP contribution in [0.4, 0.5) is 14.5 Å². The zero-order valence-electron chi connectivity index (χ0n) is 15.2. The van der Waals surface area contributed by atoms with E-state index >= 15 is 0 Å². The molecule has 1 aliphatic heterocycles. The number of carbonyl (C=O) groups is 1. The van der Waals surface area contributed by atoms with Gasteiger partial charge in [0.1, 0.15) is 21.5 Å². The van der Waals surface area contributed by atoms with Crippen molar-refractivity contribution in [1.29, 1.82) is 0 Å². The summed E-state index contributed by atoms with van der Waals surface area (Å²) in [6.07, 6.45) is 1.08. The van der Waals surface area contributed by atoms with Crippen LogP contribution >= 0.6 is 11.3 Å². The van der Waals surface area contributed by atoms with Crippen LogP contribution in [-0.4, -0.2) is 44.4 Å². The van der Waals surface area contributed by atoms with Crippen molar-refractivity contribution in [2.24, 2.45) is 0 Å². The van der Waals surface area contributed by atoms with Gasteiger partial charge in [-0.3, -0.25) is 9.69 Å². The highest BCUT2D eigenvalue weighted by Crippen LogP contribution is 2.21. The summed E-state index contributed by atoms with van der Waals surface area (Å²) in [5.74, 6) is -2.17. The number of para-hydroxylation sites is 1. The molecule has 0 saturated carbocycles. The number of nitrogens with one attached hydrogen (secondary N) is 2. The van der Waals surface area contributed by atoms with E-state index in [2.05, 4.69) is 10.0 Å². The van der Waals surface area contributed by atoms with Crippen molar-refractivity contribution in [2.45, 2.75) is 36.1 Å². The Labute approximate surface area is 166 Å². The molecule has 0 bridgehead atoms. The van der Waals surface area contributed by atoms with Crippen LogP contribution in [0.5, 0.6) is 0 Å². The predicted molar refractivity (Wildman–Crippen MR) is 104 cm³/mol. The molecule has 1 aromatic carbocycles. The lowest BCUT2D eigenvalue weighted by Crippen LogP contribution is -2.50. The summed E-state index contributed by atoms with van der Waals surface area (Å²) in [5.41, 5.74) is -0.460. The third-order valence-corrected chi connectivity index (χ3v) is 7.67. The van der Waals surface area contributed by atoms with E-state index in [4.69, 9.17) is 0 Å². The van der Waals surface area contributed by atoms with Crippen LogP contribution < -0.4 is 10.0 Å². The Balaban J connectivity index is 1.55. The van der Waals surface area contributed by atoms with Crippen LogP contribution in [0.1, 0.15) is 19.8 Å². The Morgan fingerprint density at radius 2 is 1.82 bits per heavy atom. The normalized spacial score (nSPS) is 17.4. The molecule has 2 heterocycles. The Bertz CT molecular complexity index is 907. The highest BCUT2D eigenvalue weighted by atomic mass is 32.2. The van der Waals surface area contributed by atoms with Gasteiger partial charge in [-0.25, -0.2) is 21.9 Å². The molecule has 0 spiro atoms. The maximum absolute atomic E-state index is 13.7. The highest BCUT2D eigenvalue weighted by molar-refractivity contribution is 7.91. The van der Waals surface area contributed by atoms with Gasteiger partial charge in [-0.2, -0.15) is 0 Å². The zero-order chi connectivity index (χ0) is 20.3. The standard InChI is InChI=1S/C18H21F2N3O3S2/c1-12(18(24)21-17-14(19)4-2-5-15(17)20)23-9-7-13(8-10-23)22-28(25,26)16-6-3-11-27-16/h2-6,11-13,22H,7-10H2,1H3,(H,21,24)/t12-/m1/s1. The Morgan fingerprint density at radius 3 is 2.39 bits per heavy atom. The maximum Gasteiger partial charge on any atom is 0.250 e. The second-order valence-electron chi connectivity index (χ2n) is 6.63. The monoisotopic (exact) mass is 429 g/mol.